The smallest absolute Gasteiger partial charge is 0.168 e. The normalized spacial score (nSPS) is 23.3. The zero-order valence-electron chi connectivity index (χ0n) is 12.1. The summed E-state index contributed by atoms with van der Waals surface area (Å²) in [6.45, 7) is 0.0710. The molecule has 0 bridgehead atoms. The van der Waals surface area contributed by atoms with Gasteiger partial charge in [-0.3, -0.25) is 0 Å². The van der Waals surface area contributed by atoms with Gasteiger partial charge in [0.25, 0.3) is 0 Å². The standard InChI is InChI=1S/C17H17F2NO2/c1-20-10-17(19)9-11-8-12(21)6-7-13(11)16(17)22-15-5-3-2-4-14(15)18/h2-8,16,20-21H,9-10H2,1H3. The second kappa shape index (κ2) is 5.57. The summed E-state index contributed by atoms with van der Waals surface area (Å²) in [5, 5.41) is 12.4. The third-order valence-electron chi connectivity index (χ3n) is 3.92. The van der Waals surface area contributed by atoms with Gasteiger partial charge in [-0.2, -0.15) is 0 Å². The van der Waals surface area contributed by atoms with Crippen LogP contribution in [-0.2, 0) is 6.42 Å². The summed E-state index contributed by atoms with van der Waals surface area (Å²) >= 11 is 0. The number of para-hydroxylation sites is 1. The van der Waals surface area contributed by atoms with Crippen LogP contribution in [0.3, 0.4) is 0 Å². The van der Waals surface area contributed by atoms with Crippen molar-refractivity contribution >= 4 is 0 Å². The van der Waals surface area contributed by atoms with Crippen LogP contribution in [0, 0.1) is 5.82 Å². The Morgan fingerprint density at radius 3 is 2.82 bits per heavy atom. The molecular weight excluding hydrogens is 288 g/mol. The van der Waals surface area contributed by atoms with E-state index in [4.69, 9.17) is 4.74 Å². The van der Waals surface area contributed by atoms with Gasteiger partial charge in [0.2, 0.25) is 0 Å². The molecule has 2 unspecified atom stereocenters. The number of alkyl halides is 1. The van der Waals surface area contributed by atoms with E-state index >= 15 is 4.39 Å². The molecule has 0 amide bonds. The molecule has 3 nitrogen and oxygen atoms in total. The molecule has 0 saturated carbocycles. The predicted octanol–water partition coefficient (Wildman–Crippen LogP) is 3.14. The number of hydrogen-bond donors (Lipinski definition) is 2. The van der Waals surface area contributed by atoms with Crippen molar-refractivity contribution in [2.75, 3.05) is 13.6 Å². The summed E-state index contributed by atoms with van der Waals surface area (Å²) in [4.78, 5) is 0. The maximum Gasteiger partial charge on any atom is 0.168 e. The van der Waals surface area contributed by atoms with Crippen LogP contribution in [0.15, 0.2) is 42.5 Å². The van der Waals surface area contributed by atoms with Crippen molar-refractivity contribution in [1.82, 2.24) is 5.32 Å². The lowest BCUT2D eigenvalue weighted by Crippen LogP contribution is -2.41. The molecule has 0 heterocycles. The van der Waals surface area contributed by atoms with Gasteiger partial charge in [-0.05, 0) is 42.4 Å². The van der Waals surface area contributed by atoms with E-state index in [1.54, 1.807) is 25.2 Å². The Labute approximate surface area is 127 Å². The number of phenolic OH excluding ortho intramolecular Hbond substituents is 1. The summed E-state index contributed by atoms with van der Waals surface area (Å²) in [5.74, 6) is -0.426. The molecule has 3 rings (SSSR count). The van der Waals surface area contributed by atoms with Crippen LogP contribution in [0.1, 0.15) is 17.2 Å². The molecule has 1 aliphatic rings. The van der Waals surface area contributed by atoms with E-state index in [1.807, 2.05) is 0 Å². The third kappa shape index (κ3) is 2.52. The van der Waals surface area contributed by atoms with Crippen LogP contribution >= 0.6 is 0 Å². The average Bonchev–Trinajstić information content (AvgIpc) is 2.73. The van der Waals surface area contributed by atoms with Crippen molar-refractivity contribution in [2.45, 2.75) is 18.2 Å². The molecule has 2 atom stereocenters. The van der Waals surface area contributed by atoms with Gasteiger partial charge in [-0.25, -0.2) is 8.78 Å². The van der Waals surface area contributed by atoms with Crippen molar-refractivity contribution in [3.8, 4) is 11.5 Å². The van der Waals surface area contributed by atoms with E-state index in [2.05, 4.69) is 5.32 Å². The van der Waals surface area contributed by atoms with E-state index in [0.29, 0.717) is 11.1 Å². The monoisotopic (exact) mass is 305 g/mol. The minimum atomic E-state index is -1.70. The number of rotatable bonds is 4. The van der Waals surface area contributed by atoms with Gasteiger partial charge < -0.3 is 15.2 Å². The first kappa shape index (κ1) is 14.8. The lowest BCUT2D eigenvalue weighted by atomic mass is 9.99. The van der Waals surface area contributed by atoms with Gasteiger partial charge in [-0.1, -0.05) is 18.2 Å². The molecule has 22 heavy (non-hydrogen) atoms. The Morgan fingerprint density at radius 2 is 2.09 bits per heavy atom. The maximum absolute atomic E-state index is 15.3. The first-order chi connectivity index (χ1) is 10.5. The molecule has 0 fully saturated rings. The second-order valence-electron chi connectivity index (χ2n) is 5.55. The van der Waals surface area contributed by atoms with E-state index in [0.717, 1.165) is 0 Å². The lowest BCUT2D eigenvalue weighted by molar-refractivity contribution is 0.0209. The van der Waals surface area contributed by atoms with E-state index in [1.165, 1.54) is 24.3 Å². The molecular formula is C17H17F2NO2. The molecule has 0 saturated heterocycles. The zero-order chi connectivity index (χ0) is 15.7. The van der Waals surface area contributed by atoms with Crippen LogP contribution < -0.4 is 10.1 Å². The molecule has 0 radical (unpaired) electrons. The highest BCUT2D eigenvalue weighted by atomic mass is 19.1. The predicted molar refractivity (Wildman–Crippen MR) is 79.3 cm³/mol. The van der Waals surface area contributed by atoms with Crippen molar-refractivity contribution in [3.05, 3.63) is 59.4 Å². The largest absolute Gasteiger partial charge is 0.508 e. The summed E-state index contributed by atoms with van der Waals surface area (Å²) in [5.41, 5.74) is -0.384. The molecule has 5 heteroatoms. The molecule has 2 aromatic rings. The molecule has 1 aliphatic carbocycles. The molecule has 116 valence electrons. The first-order valence-electron chi connectivity index (χ1n) is 7.10. The highest BCUT2D eigenvalue weighted by Gasteiger charge is 2.48. The lowest BCUT2D eigenvalue weighted by Gasteiger charge is -2.28. The van der Waals surface area contributed by atoms with Crippen molar-refractivity contribution in [1.29, 1.82) is 0 Å². The quantitative estimate of drug-likeness (QED) is 0.912. The van der Waals surface area contributed by atoms with Crippen LogP contribution in [0.4, 0.5) is 8.78 Å². The fourth-order valence-electron chi connectivity index (χ4n) is 2.97. The molecule has 0 spiro atoms. The first-order valence-corrected chi connectivity index (χ1v) is 7.10. The fraction of sp³-hybridized carbons (Fsp3) is 0.294. The van der Waals surface area contributed by atoms with Gasteiger partial charge in [0.05, 0.1) is 0 Å². The molecule has 0 aromatic heterocycles. The average molecular weight is 305 g/mol. The van der Waals surface area contributed by atoms with E-state index < -0.39 is 17.6 Å². The number of benzene rings is 2. The summed E-state index contributed by atoms with van der Waals surface area (Å²) < 4.78 is 34.8. The molecule has 2 N–H and O–H groups in total. The topological polar surface area (TPSA) is 41.5 Å². The summed E-state index contributed by atoms with van der Waals surface area (Å²) in [6.07, 6.45) is -0.816. The Hall–Kier alpha value is -2.14. The SMILES string of the molecule is CNCC1(F)Cc2cc(O)ccc2C1Oc1ccccc1F. The zero-order valence-corrected chi connectivity index (χ0v) is 12.1. The maximum atomic E-state index is 15.3. The van der Waals surface area contributed by atoms with Crippen molar-refractivity contribution < 1.29 is 18.6 Å². The minimum absolute atomic E-state index is 0.0200. The van der Waals surface area contributed by atoms with Gasteiger partial charge in [0.1, 0.15) is 5.75 Å². The van der Waals surface area contributed by atoms with Crippen LogP contribution in [0.5, 0.6) is 11.5 Å². The summed E-state index contributed by atoms with van der Waals surface area (Å²) in [7, 11) is 1.65. The van der Waals surface area contributed by atoms with E-state index in [9.17, 15) is 9.50 Å². The number of hydrogen-bond acceptors (Lipinski definition) is 3. The Balaban J connectivity index is 2.00. The number of halogens is 2. The highest BCUT2D eigenvalue weighted by Crippen LogP contribution is 2.45. The Kier molecular flexibility index (Phi) is 3.74. The van der Waals surface area contributed by atoms with Crippen LogP contribution in [0.25, 0.3) is 0 Å². The van der Waals surface area contributed by atoms with Crippen molar-refractivity contribution in [3.63, 3.8) is 0 Å². The Morgan fingerprint density at radius 1 is 1.32 bits per heavy atom. The number of ether oxygens (including phenoxy) is 1. The van der Waals surface area contributed by atoms with Gasteiger partial charge >= 0.3 is 0 Å². The summed E-state index contributed by atoms with van der Waals surface area (Å²) in [6, 6.07) is 10.6. The van der Waals surface area contributed by atoms with Gasteiger partial charge in [0.15, 0.2) is 23.3 Å². The highest BCUT2D eigenvalue weighted by molar-refractivity contribution is 5.44. The van der Waals surface area contributed by atoms with Gasteiger partial charge in [-0.15, -0.1) is 0 Å². The second-order valence-corrected chi connectivity index (χ2v) is 5.55. The number of nitrogens with one attached hydrogen (secondary N) is 1. The minimum Gasteiger partial charge on any atom is -0.508 e. The van der Waals surface area contributed by atoms with Crippen molar-refractivity contribution in [2.24, 2.45) is 0 Å². The van der Waals surface area contributed by atoms with Crippen LogP contribution in [-0.4, -0.2) is 24.4 Å². The van der Waals surface area contributed by atoms with Gasteiger partial charge in [0, 0.05) is 13.0 Å². The third-order valence-corrected chi connectivity index (χ3v) is 3.92. The molecule has 0 aliphatic heterocycles. The Bertz CT molecular complexity index is 692. The number of aromatic hydroxyl groups is 1. The van der Waals surface area contributed by atoms with Crippen LogP contribution in [0.2, 0.25) is 0 Å². The number of phenols is 1. The van der Waals surface area contributed by atoms with E-state index in [-0.39, 0.29) is 24.5 Å². The molecule has 2 aromatic carbocycles. The fourth-order valence-corrected chi connectivity index (χ4v) is 2.97. The number of fused-ring (bicyclic) bond motifs is 1.